The summed E-state index contributed by atoms with van der Waals surface area (Å²) in [5.41, 5.74) is 1.19. The van der Waals surface area contributed by atoms with Gasteiger partial charge < -0.3 is 4.74 Å². The van der Waals surface area contributed by atoms with E-state index in [4.69, 9.17) is 4.74 Å². The van der Waals surface area contributed by atoms with Crippen LogP contribution in [-0.2, 0) is 0 Å². The Bertz CT molecular complexity index is 611. The van der Waals surface area contributed by atoms with E-state index < -0.39 is 6.09 Å². The van der Waals surface area contributed by atoms with Crippen LogP contribution in [0.25, 0.3) is 0 Å². The van der Waals surface area contributed by atoms with Crippen molar-refractivity contribution in [2.75, 3.05) is 5.32 Å². The van der Waals surface area contributed by atoms with Gasteiger partial charge in [0.2, 0.25) is 0 Å². The number of amides is 1. The second kappa shape index (κ2) is 5.60. The summed E-state index contributed by atoms with van der Waals surface area (Å²) in [6, 6.07) is 11.2. The number of ether oxygens (including phenoxy) is 1. The van der Waals surface area contributed by atoms with Gasteiger partial charge in [-0.25, -0.2) is 4.79 Å². The number of nitrogens with zero attached hydrogens (tertiary/aromatic N) is 2. The molecule has 0 aliphatic heterocycles. The highest BCUT2D eigenvalue weighted by molar-refractivity contribution is 5.85. The maximum atomic E-state index is 11.9. The number of nitrogens with one attached hydrogen (secondary N) is 1. The zero-order valence-electron chi connectivity index (χ0n) is 12.2. The second-order valence-corrected chi connectivity index (χ2v) is 5.59. The van der Waals surface area contributed by atoms with Crippen molar-refractivity contribution in [3.63, 3.8) is 0 Å². The molecule has 1 aliphatic rings. The number of carbonyl (C=O) groups excluding carboxylic acids is 1. The van der Waals surface area contributed by atoms with Crippen molar-refractivity contribution in [3.05, 3.63) is 42.1 Å². The molecule has 5 heteroatoms. The Morgan fingerprint density at radius 3 is 2.67 bits per heavy atom. The van der Waals surface area contributed by atoms with Crippen molar-refractivity contribution >= 4 is 11.9 Å². The first-order chi connectivity index (χ1) is 10.1. The van der Waals surface area contributed by atoms with Gasteiger partial charge in [-0.3, -0.25) is 10.00 Å². The molecule has 21 heavy (non-hydrogen) atoms. The summed E-state index contributed by atoms with van der Waals surface area (Å²) in [4.78, 5) is 11.9. The van der Waals surface area contributed by atoms with Gasteiger partial charge in [-0.15, -0.1) is 0 Å². The van der Waals surface area contributed by atoms with E-state index in [-0.39, 0.29) is 6.04 Å². The number of hydrogen-bond acceptors (Lipinski definition) is 3. The average molecular weight is 285 g/mol. The fourth-order valence-electron chi connectivity index (χ4n) is 2.29. The number of carbonyl (C=O) groups is 1. The highest BCUT2D eigenvalue weighted by Crippen LogP contribution is 2.41. The van der Waals surface area contributed by atoms with Crippen molar-refractivity contribution < 1.29 is 9.53 Å². The highest BCUT2D eigenvalue weighted by Gasteiger charge is 2.29. The molecule has 1 saturated carbocycles. The van der Waals surface area contributed by atoms with Gasteiger partial charge >= 0.3 is 6.09 Å². The van der Waals surface area contributed by atoms with Crippen molar-refractivity contribution in [1.82, 2.24) is 9.78 Å². The topological polar surface area (TPSA) is 56.2 Å². The molecule has 110 valence electrons. The van der Waals surface area contributed by atoms with E-state index in [2.05, 4.69) is 24.3 Å². The summed E-state index contributed by atoms with van der Waals surface area (Å²) in [5, 5.41) is 7.15. The molecular weight excluding hydrogens is 266 g/mol. The number of anilines is 1. The molecule has 2 aromatic rings. The van der Waals surface area contributed by atoms with Gasteiger partial charge in [0.1, 0.15) is 5.75 Å². The molecule has 0 atom stereocenters. The van der Waals surface area contributed by atoms with Crippen molar-refractivity contribution in [1.29, 1.82) is 0 Å². The lowest BCUT2D eigenvalue weighted by Gasteiger charge is -2.09. The lowest BCUT2D eigenvalue weighted by Crippen LogP contribution is -2.17. The van der Waals surface area contributed by atoms with Crippen LogP contribution in [0.2, 0.25) is 0 Å². The molecule has 1 aromatic heterocycles. The van der Waals surface area contributed by atoms with E-state index in [0.717, 1.165) is 0 Å². The first-order valence-corrected chi connectivity index (χ1v) is 7.27. The maximum Gasteiger partial charge on any atom is 0.418 e. The maximum absolute atomic E-state index is 11.9. The molecule has 0 spiro atoms. The lowest BCUT2D eigenvalue weighted by atomic mass is 10.2. The minimum atomic E-state index is -0.517. The molecule has 0 radical (unpaired) electrons. The van der Waals surface area contributed by atoms with Crippen LogP contribution in [0.1, 0.15) is 44.3 Å². The summed E-state index contributed by atoms with van der Waals surface area (Å²) in [6.07, 6.45) is 1.88. The summed E-state index contributed by atoms with van der Waals surface area (Å²) in [6.45, 7) is 4.18. The summed E-state index contributed by atoms with van der Waals surface area (Å²) < 4.78 is 7.19. The standard InChI is InChI=1S/C16H19N3O2/c1-11(2)19-14(12-8-9-12)10-15(18-19)17-16(20)21-13-6-4-3-5-7-13/h3-7,10-12H,8-9H2,1-2H3,(H,17,18,20). The van der Waals surface area contributed by atoms with Gasteiger partial charge in [-0.1, -0.05) is 18.2 Å². The zero-order valence-corrected chi connectivity index (χ0v) is 12.2. The largest absolute Gasteiger partial charge is 0.418 e. The van der Waals surface area contributed by atoms with Crippen molar-refractivity contribution in [2.45, 2.75) is 38.6 Å². The third-order valence-electron chi connectivity index (χ3n) is 3.43. The SMILES string of the molecule is CC(C)n1nc(NC(=O)Oc2ccccc2)cc1C1CC1. The van der Waals surface area contributed by atoms with E-state index >= 15 is 0 Å². The fraction of sp³-hybridized carbons (Fsp3) is 0.375. The fourth-order valence-corrected chi connectivity index (χ4v) is 2.29. The highest BCUT2D eigenvalue weighted by atomic mass is 16.6. The first-order valence-electron chi connectivity index (χ1n) is 7.27. The van der Waals surface area contributed by atoms with E-state index in [1.54, 1.807) is 12.1 Å². The molecule has 3 rings (SSSR count). The van der Waals surface area contributed by atoms with Gasteiger partial charge in [0.15, 0.2) is 5.82 Å². The zero-order chi connectivity index (χ0) is 14.8. The predicted octanol–water partition coefficient (Wildman–Crippen LogP) is 3.95. The first kappa shape index (κ1) is 13.7. The molecule has 1 heterocycles. The van der Waals surface area contributed by atoms with Crippen LogP contribution in [0.15, 0.2) is 36.4 Å². The van der Waals surface area contributed by atoms with Crippen LogP contribution in [0.3, 0.4) is 0 Å². The van der Waals surface area contributed by atoms with Gasteiger partial charge in [0.05, 0.1) is 0 Å². The van der Waals surface area contributed by atoms with Crippen molar-refractivity contribution in [2.24, 2.45) is 0 Å². The van der Waals surface area contributed by atoms with E-state index in [9.17, 15) is 4.79 Å². The summed E-state index contributed by atoms with van der Waals surface area (Å²) in [5.74, 6) is 1.65. The van der Waals surface area contributed by atoms with E-state index in [1.807, 2.05) is 28.9 Å². The van der Waals surface area contributed by atoms with Gasteiger partial charge in [0.25, 0.3) is 0 Å². The van der Waals surface area contributed by atoms with Crippen LogP contribution in [0.4, 0.5) is 10.6 Å². The molecule has 1 N–H and O–H groups in total. The van der Waals surface area contributed by atoms with Gasteiger partial charge in [0, 0.05) is 23.7 Å². The monoisotopic (exact) mass is 285 g/mol. The Morgan fingerprint density at radius 1 is 1.33 bits per heavy atom. The third kappa shape index (κ3) is 3.24. The van der Waals surface area contributed by atoms with Crippen LogP contribution in [0, 0.1) is 0 Å². The minimum absolute atomic E-state index is 0.279. The Hall–Kier alpha value is -2.30. The minimum Gasteiger partial charge on any atom is -0.410 e. The number of benzene rings is 1. The average Bonchev–Trinajstić information content (AvgIpc) is 3.21. The predicted molar refractivity (Wildman–Crippen MR) is 80.7 cm³/mol. The van der Waals surface area contributed by atoms with Crippen LogP contribution in [0.5, 0.6) is 5.75 Å². The molecule has 0 unspecified atom stereocenters. The molecule has 0 bridgehead atoms. The smallest absolute Gasteiger partial charge is 0.410 e. The molecular formula is C16H19N3O2. The normalized spacial score (nSPS) is 14.2. The molecule has 1 aromatic carbocycles. The molecule has 0 saturated heterocycles. The third-order valence-corrected chi connectivity index (χ3v) is 3.43. The Labute approximate surface area is 123 Å². The molecule has 5 nitrogen and oxygen atoms in total. The molecule has 1 amide bonds. The number of rotatable bonds is 4. The number of aromatic nitrogens is 2. The van der Waals surface area contributed by atoms with Gasteiger partial charge in [-0.2, -0.15) is 5.10 Å². The van der Waals surface area contributed by atoms with Crippen LogP contribution < -0.4 is 10.1 Å². The van der Waals surface area contributed by atoms with Gasteiger partial charge in [-0.05, 0) is 38.8 Å². The molecule has 1 fully saturated rings. The quantitative estimate of drug-likeness (QED) is 0.925. The van der Waals surface area contributed by atoms with E-state index in [1.165, 1.54) is 18.5 Å². The van der Waals surface area contributed by atoms with Crippen molar-refractivity contribution in [3.8, 4) is 5.75 Å². The number of hydrogen-bond donors (Lipinski definition) is 1. The molecule has 1 aliphatic carbocycles. The Morgan fingerprint density at radius 2 is 2.05 bits per heavy atom. The van der Waals surface area contributed by atoms with Crippen LogP contribution in [-0.4, -0.2) is 15.9 Å². The Balaban J connectivity index is 1.70. The Kier molecular flexibility index (Phi) is 3.64. The van der Waals surface area contributed by atoms with E-state index in [0.29, 0.717) is 17.5 Å². The summed E-state index contributed by atoms with van der Waals surface area (Å²) >= 11 is 0. The number of para-hydroxylation sites is 1. The summed E-state index contributed by atoms with van der Waals surface area (Å²) in [7, 11) is 0. The second-order valence-electron chi connectivity index (χ2n) is 5.59. The lowest BCUT2D eigenvalue weighted by molar-refractivity contribution is 0.215. The van der Waals surface area contributed by atoms with Crippen LogP contribution >= 0.6 is 0 Å².